The zero-order valence-corrected chi connectivity index (χ0v) is 15.2. The summed E-state index contributed by atoms with van der Waals surface area (Å²) in [5, 5.41) is 6.28. The van der Waals surface area contributed by atoms with Crippen LogP contribution in [0.5, 0.6) is 5.75 Å². The summed E-state index contributed by atoms with van der Waals surface area (Å²) in [5.74, 6) is -0.0366. The number of carbonyl (C=O) groups excluding carboxylic acids is 2. The van der Waals surface area contributed by atoms with Gasteiger partial charge in [0.15, 0.2) is 6.61 Å². The van der Waals surface area contributed by atoms with Crippen LogP contribution in [0, 0.1) is 0 Å². The third kappa shape index (κ3) is 5.96. The molecule has 0 bridgehead atoms. The van der Waals surface area contributed by atoms with E-state index in [-0.39, 0.29) is 23.4 Å². The summed E-state index contributed by atoms with van der Waals surface area (Å²) in [6, 6.07) is 11.4. The standard InChI is InChI=1S/C18H18Cl2N2O3/c1-2-9-21-18(24)15-8-5-13(10-16(15)20)22-17(23)11-25-14-6-3-12(19)4-7-14/h3-8,10H,2,9,11H2,1H3,(H,21,24)(H,22,23). The van der Waals surface area contributed by atoms with Gasteiger partial charge in [0, 0.05) is 17.3 Å². The molecule has 0 heterocycles. The minimum absolute atomic E-state index is 0.155. The van der Waals surface area contributed by atoms with Crippen molar-refractivity contribution in [1.82, 2.24) is 5.32 Å². The first-order valence-electron chi connectivity index (χ1n) is 7.75. The van der Waals surface area contributed by atoms with Crippen molar-refractivity contribution >= 4 is 40.7 Å². The summed E-state index contributed by atoms with van der Waals surface area (Å²) in [5.41, 5.74) is 0.854. The highest BCUT2D eigenvalue weighted by Gasteiger charge is 2.11. The fourth-order valence-corrected chi connectivity index (χ4v) is 2.38. The van der Waals surface area contributed by atoms with Crippen molar-refractivity contribution in [3.8, 4) is 5.75 Å². The van der Waals surface area contributed by atoms with Gasteiger partial charge < -0.3 is 15.4 Å². The molecule has 2 aromatic rings. The maximum Gasteiger partial charge on any atom is 0.262 e. The average Bonchev–Trinajstić information content (AvgIpc) is 2.59. The van der Waals surface area contributed by atoms with Crippen LogP contribution in [0.1, 0.15) is 23.7 Å². The molecule has 2 rings (SSSR count). The van der Waals surface area contributed by atoms with Gasteiger partial charge in [-0.3, -0.25) is 9.59 Å². The van der Waals surface area contributed by atoms with Crippen LogP contribution in [-0.2, 0) is 4.79 Å². The third-order valence-corrected chi connectivity index (χ3v) is 3.78. The van der Waals surface area contributed by atoms with Gasteiger partial charge in [0.25, 0.3) is 11.8 Å². The predicted molar refractivity (Wildman–Crippen MR) is 99.7 cm³/mol. The molecule has 0 atom stereocenters. The Kier molecular flexibility index (Phi) is 7.10. The Morgan fingerprint density at radius 1 is 1.08 bits per heavy atom. The number of carbonyl (C=O) groups is 2. The van der Waals surface area contributed by atoms with Crippen molar-refractivity contribution in [3.05, 3.63) is 58.1 Å². The molecule has 5 nitrogen and oxygen atoms in total. The number of hydrogen-bond donors (Lipinski definition) is 2. The molecule has 0 aliphatic heterocycles. The fraction of sp³-hybridized carbons (Fsp3) is 0.222. The number of nitrogens with one attached hydrogen (secondary N) is 2. The van der Waals surface area contributed by atoms with E-state index in [1.807, 2.05) is 6.92 Å². The van der Waals surface area contributed by atoms with Gasteiger partial charge in [-0.15, -0.1) is 0 Å². The smallest absolute Gasteiger partial charge is 0.262 e. The van der Waals surface area contributed by atoms with Gasteiger partial charge in [-0.2, -0.15) is 0 Å². The number of ether oxygens (including phenoxy) is 1. The van der Waals surface area contributed by atoms with Gasteiger partial charge in [0.2, 0.25) is 0 Å². The summed E-state index contributed by atoms with van der Waals surface area (Å²) in [6.45, 7) is 2.39. The molecular weight excluding hydrogens is 363 g/mol. The summed E-state index contributed by atoms with van der Waals surface area (Å²) in [7, 11) is 0. The van der Waals surface area contributed by atoms with E-state index in [1.54, 1.807) is 36.4 Å². The number of anilines is 1. The molecule has 0 radical (unpaired) electrons. The second-order valence-electron chi connectivity index (χ2n) is 5.24. The molecule has 2 N–H and O–H groups in total. The highest BCUT2D eigenvalue weighted by Crippen LogP contribution is 2.21. The van der Waals surface area contributed by atoms with Gasteiger partial charge in [0.1, 0.15) is 5.75 Å². The Morgan fingerprint density at radius 2 is 1.80 bits per heavy atom. The van der Waals surface area contributed by atoms with Gasteiger partial charge in [0.05, 0.1) is 10.6 Å². The Labute approximate surface area is 156 Å². The largest absolute Gasteiger partial charge is 0.484 e. The molecule has 0 fully saturated rings. The maximum absolute atomic E-state index is 11.9. The molecule has 0 saturated carbocycles. The Balaban J connectivity index is 1.91. The number of amides is 2. The van der Waals surface area contributed by atoms with E-state index in [0.29, 0.717) is 28.6 Å². The van der Waals surface area contributed by atoms with Crippen molar-refractivity contribution < 1.29 is 14.3 Å². The van der Waals surface area contributed by atoms with Crippen molar-refractivity contribution in [2.75, 3.05) is 18.5 Å². The monoisotopic (exact) mass is 380 g/mol. The maximum atomic E-state index is 11.9. The Hall–Kier alpha value is -2.24. The first-order chi connectivity index (χ1) is 12.0. The normalized spacial score (nSPS) is 10.2. The average molecular weight is 381 g/mol. The van der Waals surface area contributed by atoms with E-state index in [0.717, 1.165) is 6.42 Å². The lowest BCUT2D eigenvalue weighted by molar-refractivity contribution is -0.118. The Morgan fingerprint density at radius 3 is 2.44 bits per heavy atom. The van der Waals surface area contributed by atoms with Crippen LogP contribution < -0.4 is 15.4 Å². The molecule has 2 aromatic carbocycles. The topological polar surface area (TPSA) is 67.4 Å². The van der Waals surface area contributed by atoms with E-state index < -0.39 is 0 Å². The molecule has 0 aromatic heterocycles. The molecule has 25 heavy (non-hydrogen) atoms. The van der Waals surface area contributed by atoms with E-state index in [4.69, 9.17) is 27.9 Å². The predicted octanol–water partition coefficient (Wildman–Crippen LogP) is 4.15. The summed E-state index contributed by atoms with van der Waals surface area (Å²) >= 11 is 11.9. The minimum Gasteiger partial charge on any atom is -0.484 e. The van der Waals surface area contributed by atoms with Crippen LogP contribution in [0.25, 0.3) is 0 Å². The zero-order chi connectivity index (χ0) is 18.2. The van der Waals surface area contributed by atoms with Crippen molar-refractivity contribution in [1.29, 1.82) is 0 Å². The molecule has 132 valence electrons. The van der Waals surface area contributed by atoms with Gasteiger partial charge in [-0.05, 0) is 48.9 Å². The summed E-state index contributed by atoms with van der Waals surface area (Å²) in [4.78, 5) is 23.9. The zero-order valence-electron chi connectivity index (χ0n) is 13.6. The van der Waals surface area contributed by atoms with Crippen LogP contribution in [0.15, 0.2) is 42.5 Å². The lowest BCUT2D eigenvalue weighted by Gasteiger charge is -2.10. The van der Waals surface area contributed by atoms with Gasteiger partial charge in [-0.1, -0.05) is 30.1 Å². The number of hydrogen-bond acceptors (Lipinski definition) is 3. The highest BCUT2D eigenvalue weighted by atomic mass is 35.5. The van der Waals surface area contributed by atoms with Gasteiger partial charge >= 0.3 is 0 Å². The summed E-state index contributed by atoms with van der Waals surface area (Å²) in [6.07, 6.45) is 0.838. The van der Waals surface area contributed by atoms with Crippen LogP contribution in [-0.4, -0.2) is 25.0 Å². The van der Waals surface area contributed by atoms with E-state index in [1.165, 1.54) is 6.07 Å². The molecule has 0 saturated heterocycles. The first kappa shape index (κ1) is 19.1. The fourth-order valence-electron chi connectivity index (χ4n) is 1.99. The second-order valence-corrected chi connectivity index (χ2v) is 6.08. The molecule has 7 heteroatoms. The van der Waals surface area contributed by atoms with E-state index in [9.17, 15) is 9.59 Å². The molecule has 0 aliphatic rings. The van der Waals surface area contributed by atoms with Crippen molar-refractivity contribution in [2.45, 2.75) is 13.3 Å². The molecular formula is C18H18Cl2N2O3. The molecule has 2 amide bonds. The lowest BCUT2D eigenvalue weighted by Crippen LogP contribution is -2.24. The lowest BCUT2D eigenvalue weighted by atomic mass is 10.2. The number of halogens is 2. The Bertz CT molecular complexity index is 748. The molecule has 0 spiro atoms. The van der Waals surface area contributed by atoms with Crippen molar-refractivity contribution in [2.24, 2.45) is 0 Å². The number of benzene rings is 2. The van der Waals surface area contributed by atoms with Crippen LogP contribution >= 0.6 is 23.2 Å². The van der Waals surface area contributed by atoms with Crippen LogP contribution in [0.2, 0.25) is 10.0 Å². The van der Waals surface area contributed by atoms with E-state index in [2.05, 4.69) is 10.6 Å². The second kappa shape index (κ2) is 9.30. The van der Waals surface area contributed by atoms with Crippen LogP contribution in [0.3, 0.4) is 0 Å². The minimum atomic E-state index is -0.339. The van der Waals surface area contributed by atoms with Gasteiger partial charge in [-0.25, -0.2) is 0 Å². The first-order valence-corrected chi connectivity index (χ1v) is 8.51. The van der Waals surface area contributed by atoms with Crippen molar-refractivity contribution in [3.63, 3.8) is 0 Å². The quantitative estimate of drug-likeness (QED) is 0.757. The molecule has 0 unspecified atom stereocenters. The summed E-state index contributed by atoms with van der Waals surface area (Å²) < 4.78 is 5.36. The number of rotatable bonds is 7. The highest BCUT2D eigenvalue weighted by molar-refractivity contribution is 6.34. The molecule has 0 aliphatic carbocycles. The third-order valence-electron chi connectivity index (χ3n) is 3.22. The SMILES string of the molecule is CCCNC(=O)c1ccc(NC(=O)COc2ccc(Cl)cc2)cc1Cl. The van der Waals surface area contributed by atoms with E-state index >= 15 is 0 Å². The van der Waals surface area contributed by atoms with Crippen LogP contribution in [0.4, 0.5) is 5.69 Å².